The number of fused-ring (bicyclic) bond motifs is 1. The number of thiazole rings is 1. The fourth-order valence-corrected chi connectivity index (χ4v) is 2.62. The number of pyridine rings is 1. The van der Waals surface area contributed by atoms with Crippen molar-refractivity contribution in [3.05, 3.63) is 42.1 Å². The number of rotatable bonds is 2. The molecule has 0 aliphatic carbocycles. The van der Waals surface area contributed by atoms with Crippen molar-refractivity contribution in [2.45, 2.75) is 0 Å². The summed E-state index contributed by atoms with van der Waals surface area (Å²) in [6.45, 7) is 0. The SMILES string of the molecule is c1coc(-c2csc(-c3nc4ncccc4[nH]3)n2)c1. The highest BCUT2D eigenvalue weighted by Crippen LogP contribution is 2.28. The van der Waals surface area contributed by atoms with Crippen molar-refractivity contribution in [3.63, 3.8) is 0 Å². The van der Waals surface area contributed by atoms with Crippen LogP contribution in [0, 0.1) is 0 Å². The van der Waals surface area contributed by atoms with Crippen LogP contribution in [0.4, 0.5) is 0 Å². The molecular weight excluding hydrogens is 260 g/mol. The molecule has 0 radical (unpaired) electrons. The van der Waals surface area contributed by atoms with E-state index in [1.807, 2.05) is 29.6 Å². The number of nitrogens with one attached hydrogen (secondary N) is 1. The van der Waals surface area contributed by atoms with Crippen LogP contribution in [0.15, 0.2) is 46.5 Å². The maximum absolute atomic E-state index is 5.33. The maximum atomic E-state index is 5.33. The van der Waals surface area contributed by atoms with E-state index in [-0.39, 0.29) is 0 Å². The van der Waals surface area contributed by atoms with E-state index in [9.17, 15) is 0 Å². The molecule has 0 atom stereocenters. The zero-order valence-corrected chi connectivity index (χ0v) is 10.5. The Morgan fingerprint density at radius 2 is 2.16 bits per heavy atom. The lowest BCUT2D eigenvalue weighted by Gasteiger charge is -1.88. The first-order chi connectivity index (χ1) is 9.40. The van der Waals surface area contributed by atoms with Crippen molar-refractivity contribution in [2.24, 2.45) is 0 Å². The predicted octanol–water partition coefficient (Wildman–Crippen LogP) is 3.34. The van der Waals surface area contributed by atoms with Crippen molar-refractivity contribution in [1.82, 2.24) is 19.9 Å². The summed E-state index contributed by atoms with van der Waals surface area (Å²) in [5.41, 5.74) is 2.43. The molecule has 6 heteroatoms. The van der Waals surface area contributed by atoms with Crippen molar-refractivity contribution < 1.29 is 4.42 Å². The molecule has 19 heavy (non-hydrogen) atoms. The lowest BCUT2D eigenvalue weighted by Crippen LogP contribution is -1.79. The molecule has 4 rings (SSSR count). The van der Waals surface area contributed by atoms with Gasteiger partial charge in [-0.2, -0.15) is 0 Å². The average molecular weight is 268 g/mol. The van der Waals surface area contributed by atoms with Gasteiger partial charge in [-0.3, -0.25) is 0 Å². The summed E-state index contributed by atoms with van der Waals surface area (Å²) in [7, 11) is 0. The molecule has 0 aromatic carbocycles. The van der Waals surface area contributed by atoms with Crippen molar-refractivity contribution in [3.8, 4) is 22.3 Å². The van der Waals surface area contributed by atoms with Gasteiger partial charge in [0.15, 0.2) is 22.2 Å². The van der Waals surface area contributed by atoms with Crippen LogP contribution in [0.5, 0.6) is 0 Å². The minimum absolute atomic E-state index is 0.701. The van der Waals surface area contributed by atoms with Gasteiger partial charge in [0.25, 0.3) is 0 Å². The van der Waals surface area contributed by atoms with Crippen LogP contribution in [0.25, 0.3) is 33.5 Å². The second kappa shape index (κ2) is 4.03. The summed E-state index contributed by atoms with van der Waals surface area (Å²) in [6, 6.07) is 7.55. The minimum Gasteiger partial charge on any atom is -0.463 e. The lowest BCUT2D eigenvalue weighted by molar-refractivity contribution is 0.580. The monoisotopic (exact) mass is 268 g/mol. The zero-order chi connectivity index (χ0) is 12.7. The molecule has 0 unspecified atom stereocenters. The Kier molecular flexibility index (Phi) is 2.22. The van der Waals surface area contributed by atoms with E-state index in [0.717, 1.165) is 27.8 Å². The van der Waals surface area contributed by atoms with Crippen LogP contribution in [0.1, 0.15) is 0 Å². The van der Waals surface area contributed by atoms with Gasteiger partial charge < -0.3 is 9.40 Å². The summed E-state index contributed by atoms with van der Waals surface area (Å²) in [6.07, 6.45) is 3.36. The van der Waals surface area contributed by atoms with Gasteiger partial charge in [0.05, 0.1) is 11.8 Å². The zero-order valence-electron chi connectivity index (χ0n) is 9.70. The van der Waals surface area contributed by atoms with E-state index in [4.69, 9.17) is 4.42 Å². The maximum Gasteiger partial charge on any atom is 0.178 e. The molecule has 0 saturated heterocycles. The molecule has 4 heterocycles. The predicted molar refractivity (Wildman–Crippen MR) is 72.7 cm³/mol. The quantitative estimate of drug-likeness (QED) is 0.605. The van der Waals surface area contributed by atoms with E-state index in [0.29, 0.717) is 5.65 Å². The molecule has 92 valence electrons. The number of furan rings is 1. The van der Waals surface area contributed by atoms with Gasteiger partial charge in [-0.05, 0) is 24.3 Å². The van der Waals surface area contributed by atoms with Gasteiger partial charge in [0.1, 0.15) is 5.69 Å². The van der Waals surface area contributed by atoms with Crippen LogP contribution in [-0.2, 0) is 0 Å². The van der Waals surface area contributed by atoms with Crippen molar-refractivity contribution >= 4 is 22.5 Å². The van der Waals surface area contributed by atoms with Gasteiger partial charge in [-0.15, -0.1) is 11.3 Å². The summed E-state index contributed by atoms with van der Waals surface area (Å²) < 4.78 is 5.33. The molecule has 0 spiro atoms. The number of nitrogens with zero attached hydrogens (tertiary/aromatic N) is 3. The van der Waals surface area contributed by atoms with Crippen molar-refractivity contribution in [1.29, 1.82) is 0 Å². The third kappa shape index (κ3) is 1.73. The Hall–Kier alpha value is -2.47. The molecule has 0 amide bonds. The smallest absolute Gasteiger partial charge is 0.178 e. The lowest BCUT2D eigenvalue weighted by atomic mass is 10.4. The molecule has 1 N–H and O–H groups in total. The van der Waals surface area contributed by atoms with Gasteiger partial charge in [0, 0.05) is 11.6 Å². The second-order valence-electron chi connectivity index (χ2n) is 3.98. The van der Waals surface area contributed by atoms with Gasteiger partial charge in [-0.1, -0.05) is 0 Å². The van der Waals surface area contributed by atoms with Crippen LogP contribution in [0.2, 0.25) is 0 Å². The van der Waals surface area contributed by atoms with E-state index in [1.54, 1.807) is 12.5 Å². The molecule has 5 nitrogen and oxygen atoms in total. The fraction of sp³-hybridized carbons (Fsp3) is 0. The fourth-order valence-electron chi connectivity index (χ4n) is 1.87. The van der Waals surface area contributed by atoms with Gasteiger partial charge >= 0.3 is 0 Å². The molecule has 0 fully saturated rings. The summed E-state index contributed by atoms with van der Waals surface area (Å²) >= 11 is 1.52. The Bertz CT molecular complexity index is 798. The van der Waals surface area contributed by atoms with Crippen LogP contribution in [0.3, 0.4) is 0 Å². The molecular formula is C13H8N4OS. The molecule has 0 saturated carbocycles. The number of H-pyrrole nitrogens is 1. The van der Waals surface area contributed by atoms with Gasteiger partial charge in [-0.25, -0.2) is 15.0 Å². The molecule has 0 aliphatic rings. The number of aromatic amines is 1. The number of hydrogen-bond donors (Lipinski definition) is 1. The highest BCUT2D eigenvalue weighted by molar-refractivity contribution is 7.13. The Morgan fingerprint density at radius 1 is 1.16 bits per heavy atom. The van der Waals surface area contributed by atoms with Crippen LogP contribution in [-0.4, -0.2) is 19.9 Å². The summed E-state index contributed by atoms with van der Waals surface area (Å²) in [5, 5.41) is 2.78. The number of aromatic nitrogens is 4. The topological polar surface area (TPSA) is 67.6 Å². The van der Waals surface area contributed by atoms with Crippen molar-refractivity contribution in [2.75, 3.05) is 0 Å². The highest BCUT2D eigenvalue weighted by atomic mass is 32.1. The standard InChI is InChI=1S/C13H8N4OS/c1-3-8-11(14-5-1)17-12(15-8)13-16-9(7-19-13)10-4-2-6-18-10/h1-7H,(H,14,15,17). The molecule has 0 bridgehead atoms. The molecule has 0 aliphatic heterocycles. The summed E-state index contributed by atoms with van der Waals surface area (Å²) in [4.78, 5) is 16.4. The van der Waals surface area contributed by atoms with Crippen LogP contribution >= 0.6 is 11.3 Å². The third-order valence-corrected chi connectivity index (χ3v) is 3.59. The highest BCUT2D eigenvalue weighted by Gasteiger charge is 2.12. The Morgan fingerprint density at radius 3 is 3.00 bits per heavy atom. The second-order valence-corrected chi connectivity index (χ2v) is 4.83. The van der Waals surface area contributed by atoms with Crippen LogP contribution < -0.4 is 0 Å². The third-order valence-electron chi connectivity index (χ3n) is 2.74. The normalized spacial score (nSPS) is 11.2. The average Bonchev–Trinajstić information content (AvgIpc) is 3.17. The summed E-state index contributed by atoms with van der Waals surface area (Å²) in [5.74, 6) is 1.49. The van der Waals surface area contributed by atoms with E-state index < -0.39 is 0 Å². The number of hydrogen-bond acceptors (Lipinski definition) is 5. The van der Waals surface area contributed by atoms with E-state index in [2.05, 4.69) is 19.9 Å². The minimum atomic E-state index is 0.701. The first kappa shape index (κ1) is 10.5. The Labute approximate surface area is 112 Å². The molecule has 4 aromatic heterocycles. The van der Waals surface area contributed by atoms with Gasteiger partial charge in [0.2, 0.25) is 0 Å². The molecule has 4 aromatic rings. The van der Waals surface area contributed by atoms with E-state index in [1.165, 1.54) is 11.3 Å². The largest absolute Gasteiger partial charge is 0.463 e. The van der Waals surface area contributed by atoms with E-state index >= 15 is 0 Å². The number of imidazole rings is 1. The Balaban J connectivity index is 1.80. The first-order valence-electron chi connectivity index (χ1n) is 5.71. The first-order valence-corrected chi connectivity index (χ1v) is 6.58.